The summed E-state index contributed by atoms with van der Waals surface area (Å²) in [5, 5.41) is 8.96. The van der Waals surface area contributed by atoms with Gasteiger partial charge >= 0.3 is 5.97 Å². The van der Waals surface area contributed by atoms with Crippen molar-refractivity contribution < 1.29 is 18.7 Å². The topological polar surface area (TPSA) is 50.2 Å². The number of alkyl halides is 2. The van der Waals surface area contributed by atoms with Crippen molar-refractivity contribution in [2.75, 3.05) is 0 Å². The van der Waals surface area contributed by atoms with Gasteiger partial charge in [-0.3, -0.25) is 9.78 Å². The summed E-state index contributed by atoms with van der Waals surface area (Å²) in [7, 11) is 0. The van der Waals surface area contributed by atoms with Crippen molar-refractivity contribution in [2.45, 2.75) is 32.1 Å². The first-order chi connectivity index (χ1) is 7.15. The summed E-state index contributed by atoms with van der Waals surface area (Å²) in [5.41, 5.74) is -1.38. The van der Waals surface area contributed by atoms with Gasteiger partial charge in [-0.15, -0.1) is 0 Å². The maximum absolute atomic E-state index is 13.0. The second-order valence-corrected chi connectivity index (χ2v) is 4.25. The summed E-state index contributed by atoms with van der Waals surface area (Å²) in [4.78, 5) is 14.8. The molecular weight excluding hydrogens is 216 g/mol. The van der Waals surface area contributed by atoms with Gasteiger partial charge in [0, 0.05) is 18.7 Å². The molecule has 0 saturated carbocycles. The normalized spacial score (nSPS) is 12.6. The molecule has 88 valence electrons. The number of carboxylic acid groups (broad SMARTS) is 1. The Hall–Kier alpha value is -1.52. The highest BCUT2D eigenvalue weighted by Crippen LogP contribution is 2.30. The third kappa shape index (κ3) is 2.35. The van der Waals surface area contributed by atoms with Crippen LogP contribution in [0.2, 0.25) is 0 Å². The van der Waals surface area contributed by atoms with Crippen molar-refractivity contribution in [3.63, 3.8) is 0 Å². The minimum atomic E-state index is -2.99. The van der Waals surface area contributed by atoms with Gasteiger partial charge in [0.1, 0.15) is 5.41 Å². The summed E-state index contributed by atoms with van der Waals surface area (Å²) < 4.78 is 26.1. The zero-order valence-corrected chi connectivity index (χ0v) is 9.29. The van der Waals surface area contributed by atoms with E-state index < -0.39 is 17.3 Å². The van der Waals surface area contributed by atoms with Crippen molar-refractivity contribution in [1.29, 1.82) is 0 Å². The first-order valence-electron chi connectivity index (χ1n) is 4.74. The number of hydrogen-bond acceptors (Lipinski definition) is 2. The van der Waals surface area contributed by atoms with Gasteiger partial charge in [-0.05, 0) is 26.0 Å². The Kier molecular flexibility index (Phi) is 2.99. The molecule has 0 aliphatic heterocycles. The Morgan fingerprint density at radius 1 is 1.38 bits per heavy atom. The van der Waals surface area contributed by atoms with Crippen LogP contribution in [0, 0.1) is 0 Å². The molecule has 0 aliphatic rings. The molecule has 1 heterocycles. The van der Waals surface area contributed by atoms with E-state index in [0.29, 0.717) is 0 Å². The minimum absolute atomic E-state index is 0.124. The number of carboxylic acids is 1. The molecule has 0 aromatic carbocycles. The van der Waals surface area contributed by atoms with Crippen molar-refractivity contribution >= 4 is 5.97 Å². The highest BCUT2D eigenvalue weighted by molar-refractivity contribution is 5.79. The number of carbonyl (C=O) groups is 1. The van der Waals surface area contributed by atoms with Crippen molar-refractivity contribution in [2.24, 2.45) is 0 Å². The molecule has 0 amide bonds. The van der Waals surface area contributed by atoms with E-state index in [1.807, 2.05) is 0 Å². The summed E-state index contributed by atoms with van der Waals surface area (Å²) in [6.45, 7) is 3.62. The van der Waals surface area contributed by atoms with Crippen LogP contribution in [0.1, 0.15) is 32.0 Å². The van der Waals surface area contributed by atoms with Crippen molar-refractivity contribution in [3.8, 4) is 0 Å². The fourth-order valence-corrected chi connectivity index (χ4v) is 1.15. The first kappa shape index (κ1) is 12.5. The number of nitrogens with zero attached hydrogens (tertiary/aromatic N) is 1. The van der Waals surface area contributed by atoms with Crippen LogP contribution in [0.25, 0.3) is 0 Å². The second-order valence-electron chi connectivity index (χ2n) is 4.25. The number of aliphatic carboxylic acids is 1. The van der Waals surface area contributed by atoms with Gasteiger partial charge in [-0.1, -0.05) is 0 Å². The molecule has 3 nitrogen and oxygen atoms in total. The maximum Gasteiger partial charge on any atom is 0.315 e. The van der Waals surface area contributed by atoms with Crippen LogP contribution in [0.5, 0.6) is 0 Å². The molecule has 0 spiro atoms. The van der Waals surface area contributed by atoms with Crippen LogP contribution in [0.4, 0.5) is 8.78 Å². The Bertz CT molecular complexity index is 411. The van der Waals surface area contributed by atoms with E-state index in [0.717, 1.165) is 13.0 Å². The number of hydrogen-bond donors (Lipinski definition) is 1. The lowest BCUT2D eigenvalue weighted by atomic mass is 9.88. The predicted octanol–water partition coefficient (Wildman–Crippen LogP) is 2.56. The molecular formula is C11H13F2NO2. The quantitative estimate of drug-likeness (QED) is 0.866. The van der Waals surface area contributed by atoms with E-state index in [2.05, 4.69) is 4.98 Å². The molecule has 0 radical (unpaired) electrons. The third-order valence-electron chi connectivity index (χ3n) is 2.44. The number of pyridine rings is 1. The van der Waals surface area contributed by atoms with Crippen molar-refractivity contribution in [3.05, 3.63) is 29.6 Å². The molecule has 0 saturated heterocycles. The van der Waals surface area contributed by atoms with Gasteiger partial charge in [0.15, 0.2) is 0 Å². The van der Waals surface area contributed by atoms with Gasteiger partial charge in [0.05, 0.1) is 5.69 Å². The van der Waals surface area contributed by atoms with Crippen molar-refractivity contribution in [1.82, 2.24) is 4.98 Å². The molecule has 16 heavy (non-hydrogen) atoms. The van der Waals surface area contributed by atoms with E-state index in [9.17, 15) is 13.6 Å². The van der Waals surface area contributed by atoms with Crippen LogP contribution in [-0.2, 0) is 16.1 Å². The fourth-order valence-electron chi connectivity index (χ4n) is 1.15. The maximum atomic E-state index is 13.0. The molecule has 5 heteroatoms. The largest absolute Gasteiger partial charge is 0.481 e. The van der Waals surface area contributed by atoms with E-state index in [1.54, 1.807) is 0 Å². The lowest BCUT2D eigenvalue weighted by Gasteiger charge is -2.20. The zero-order chi connectivity index (χ0) is 12.6. The molecule has 0 fully saturated rings. The Balaban J connectivity index is 3.23. The number of aromatic nitrogens is 1. The molecule has 0 bridgehead atoms. The molecule has 0 aliphatic carbocycles. The predicted molar refractivity (Wildman–Crippen MR) is 54.5 cm³/mol. The van der Waals surface area contributed by atoms with Gasteiger partial charge < -0.3 is 5.11 Å². The van der Waals surface area contributed by atoms with Crippen LogP contribution >= 0.6 is 0 Å². The minimum Gasteiger partial charge on any atom is -0.481 e. The van der Waals surface area contributed by atoms with Gasteiger partial charge in [-0.25, -0.2) is 8.78 Å². The monoisotopic (exact) mass is 229 g/mol. The lowest BCUT2D eigenvalue weighted by Crippen LogP contribution is -2.30. The third-order valence-corrected chi connectivity index (χ3v) is 2.44. The van der Waals surface area contributed by atoms with Crippen LogP contribution in [0.15, 0.2) is 18.3 Å². The molecule has 1 aromatic heterocycles. The molecule has 1 N–H and O–H groups in total. The van der Waals surface area contributed by atoms with Gasteiger partial charge in [-0.2, -0.15) is 0 Å². The standard InChI is InChI=1S/C11H13F2NO2/c1-10(2,9(15)16)8-6-7(4-5-14-8)11(3,12)13/h4-6H,1-3H3,(H,15,16). The van der Waals surface area contributed by atoms with Crippen LogP contribution in [-0.4, -0.2) is 16.1 Å². The summed E-state index contributed by atoms with van der Waals surface area (Å²) >= 11 is 0. The van der Waals surface area contributed by atoms with Crippen LogP contribution < -0.4 is 0 Å². The van der Waals surface area contributed by atoms with Gasteiger partial charge in [0.2, 0.25) is 0 Å². The molecule has 1 aromatic rings. The number of rotatable bonds is 3. The Morgan fingerprint density at radius 3 is 2.38 bits per heavy atom. The average Bonchev–Trinajstić information content (AvgIpc) is 2.16. The zero-order valence-electron chi connectivity index (χ0n) is 9.29. The fraction of sp³-hybridized carbons (Fsp3) is 0.455. The highest BCUT2D eigenvalue weighted by atomic mass is 19.3. The Morgan fingerprint density at radius 2 is 1.94 bits per heavy atom. The summed E-state index contributed by atoms with van der Waals surface area (Å²) in [6.07, 6.45) is 1.20. The van der Waals surface area contributed by atoms with E-state index in [4.69, 9.17) is 5.11 Å². The first-order valence-corrected chi connectivity index (χ1v) is 4.74. The van der Waals surface area contributed by atoms with E-state index in [-0.39, 0.29) is 11.3 Å². The van der Waals surface area contributed by atoms with E-state index in [1.165, 1.54) is 26.1 Å². The molecule has 0 unspecified atom stereocenters. The second kappa shape index (κ2) is 3.81. The lowest BCUT2D eigenvalue weighted by molar-refractivity contribution is -0.142. The number of halogens is 2. The summed E-state index contributed by atoms with van der Waals surface area (Å²) in [6, 6.07) is 2.32. The van der Waals surface area contributed by atoms with Crippen LogP contribution in [0.3, 0.4) is 0 Å². The smallest absolute Gasteiger partial charge is 0.315 e. The highest BCUT2D eigenvalue weighted by Gasteiger charge is 2.33. The summed E-state index contributed by atoms with van der Waals surface area (Å²) in [5.74, 6) is -4.09. The SMILES string of the molecule is CC(F)(F)c1ccnc(C(C)(C)C(=O)O)c1. The molecule has 0 atom stereocenters. The van der Waals surface area contributed by atoms with Gasteiger partial charge in [0.25, 0.3) is 5.92 Å². The van der Waals surface area contributed by atoms with E-state index >= 15 is 0 Å². The Labute approximate surface area is 92.1 Å². The molecule has 1 rings (SSSR count). The average molecular weight is 229 g/mol.